The Kier molecular flexibility index (Phi) is 12.5. The van der Waals surface area contributed by atoms with Crippen molar-refractivity contribution in [2.24, 2.45) is 0 Å². The first-order chi connectivity index (χ1) is 16.0. The summed E-state index contributed by atoms with van der Waals surface area (Å²) in [6, 6.07) is 7.07. The molecule has 2 unspecified atom stereocenters. The van der Waals surface area contributed by atoms with E-state index < -0.39 is 24.8 Å². The first-order valence-corrected chi connectivity index (χ1v) is 11.1. The number of morpholine rings is 1. The molecule has 1 heterocycles. The Labute approximate surface area is 193 Å². The highest BCUT2D eigenvalue weighted by Crippen LogP contribution is 2.14. The standard InChI is InChI=1S/C22H35N3O8/c26-14-19(28)16-33-21(29)6-3-17-1-4-20(5-2-17)32-15-18(27)13-23-7-8-24-22(30)25-9-11-31-12-10-25/h1-2,4-5,18-19,23,26-28H,3,6-16H2,(H,24,30). The number of nitrogens with zero attached hydrogens (tertiary/aromatic N) is 1. The summed E-state index contributed by atoms with van der Waals surface area (Å²) in [5, 5.41) is 33.8. The van der Waals surface area contributed by atoms with Crippen LogP contribution in [0.1, 0.15) is 12.0 Å². The molecular weight excluding hydrogens is 434 g/mol. The normalized spacial score (nSPS) is 15.5. The number of rotatable bonds is 14. The molecule has 0 bridgehead atoms. The fourth-order valence-electron chi connectivity index (χ4n) is 2.97. The third kappa shape index (κ3) is 11.3. The minimum Gasteiger partial charge on any atom is -0.491 e. The maximum atomic E-state index is 11.9. The van der Waals surface area contributed by atoms with Crippen LogP contribution >= 0.6 is 0 Å². The summed E-state index contributed by atoms with van der Waals surface area (Å²) in [5.41, 5.74) is 0.920. The Balaban J connectivity index is 1.53. The molecule has 1 aromatic rings. The maximum Gasteiger partial charge on any atom is 0.317 e. The van der Waals surface area contributed by atoms with Crippen molar-refractivity contribution in [3.63, 3.8) is 0 Å². The second-order valence-electron chi connectivity index (χ2n) is 7.66. The summed E-state index contributed by atoms with van der Waals surface area (Å²) < 4.78 is 15.6. The van der Waals surface area contributed by atoms with Gasteiger partial charge in [-0.2, -0.15) is 0 Å². The van der Waals surface area contributed by atoms with E-state index >= 15 is 0 Å². The number of aliphatic hydroxyl groups excluding tert-OH is 3. The molecule has 1 fully saturated rings. The molecule has 186 valence electrons. The molecule has 33 heavy (non-hydrogen) atoms. The molecule has 1 saturated heterocycles. The van der Waals surface area contributed by atoms with Crippen LogP contribution in [0.2, 0.25) is 0 Å². The summed E-state index contributed by atoms with van der Waals surface area (Å²) in [5.74, 6) is 0.156. The molecule has 5 N–H and O–H groups in total. The lowest BCUT2D eigenvalue weighted by atomic mass is 10.1. The average molecular weight is 470 g/mol. The molecule has 0 radical (unpaired) electrons. The zero-order chi connectivity index (χ0) is 23.9. The van der Waals surface area contributed by atoms with Crippen LogP contribution in [-0.2, 0) is 20.7 Å². The van der Waals surface area contributed by atoms with Crippen molar-refractivity contribution >= 4 is 12.0 Å². The lowest BCUT2D eigenvalue weighted by Crippen LogP contribution is -2.47. The molecule has 0 aromatic heterocycles. The van der Waals surface area contributed by atoms with Gasteiger partial charge in [0.1, 0.15) is 31.2 Å². The van der Waals surface area contributed by atoms with E-state index in [0.29, 0.717) is 58.1 Å². The van der Waals surface area contributed by atoms with Gasteiger partial charge in [0.05, 0.1) is 19.8 Å². The molecule has 1 aliphatic heterocycles. The predicted octanol–water partition coefficient (Wildman–Crippen LogP) is -1.11. The van der Waals surface area contributed by atoms with Gasteiger partial charge in [0, 0.05) is 39.1 Å². The van der Waals surface area contributed by atoms with Crippen molar-refractivity contribution in [3.05, 3.63) is 29.8 Å². The van der Waals surface area contributed by atoms with E-state index in [1.807, 2.05) is 12.1 Å². The smallest absolute Gasteiger partial charge is 0.317 e. The van der Waals surface area contributed by atoms with Gasteiger partial charge in [-0.1, -0.05) is 12.1 Å². The minimum atomic E-state index is -1.06. The van der Waals surface area contributed by atoms with Crippen LogP contribution in [0, 0.1) is 0 Å². The summed E-state index contributed by atoms with van der Waals surface area (Å²) in [6.45, 7) is 3.09. The van der Waals surface area contributed by atoms with Crippen molar-refractivity contribution in [2.45, 2.75) is 25.0 Å². The second kappa shape index (κ2) is 15.4. The van der Waals surface area contributed by atoms with Crippen LogP contribution in [0.5, 0.6) is 5.75 Å². The van der Waals surface area contributed by atoms with E-state index in [-0.39, 0.29) is 25.7 Å². The molecule has 0 aliphatic carbocycles. The van der Waals surface area contributed by atoms with E-state index in [9.17, 15) is 14.7 Å². The van der Waals surface area contributed by atoms with Crippen molar-refractivity contribution < 1.29 is 39.1 Å². The number of carbonyl (C=O) groups excluding carboxylic acids is 2. The van der Waals surface area contributed by atoms with Gasteiger partial charge in [-0.25, -0.2) is 4.79 Å². The average Bonchev–Trinajstić information content (AvgIpc) is 2.85. The number of hydrogen-bond acceptors (Lipinski definition) is 9. The Morgan fingerprint density at radius 1 is 1.06 bits per heavy atom. The van der Waals surface area contributed by atoms with Gasteiger partial charge >= 0.3 is 12.0 Å². The van der Waals surface area contributed by atoms with E-state index in [4.69, 9.17) is 24.4 Å². The first kappa shape index (κ1) is 26.8. The molecule has 0 saturated carbocycles. The number of aryl methyl sites for hydroxylation is 1. The van der Waals surface area contributed by atoms with Crippen LogP contribution in [0.25, 0.3) is 0 Å². The predicted molar refractivity (Wildman–Crippen MR) is 119 cm³/mol. The van der Waals surface area contributed by atoms with Gasteiger partial charge in [0.25, 0.3) is 0 Å². The van der Waals surface area contributed by atoms with E-state index in [2.05, 4.69) is 10.6 Å². The quantitative estimate of drug-likeness (QED) is 0.169. The van der Waals surface area contributed by atoms with Crippen LogP contribution in [0.4, 0.5) is 4.79 Å². The molecule has 0 spiro atoms. The number of ether oxygens (including phenoxy) is 3. The zero-order valence-corrected chi connectivity index (χ0v) is 18.8. The summed E-state index contributed by atoms with van der Waals surface area (Å²) in [7, 11) is 0. The lowest BCUT2D eigenvalue weighted by Gasteiger charge is -2.27. The molecule has 11 heteroatoms. The highest BCUT2D eigenvalue weighted by Gasteiger charge is 2.15. The highest BCUT2D eigenvalue weighted by molar-refractivity contribution is 5.74. The van der Waals surface area contributed by atoms with Gasteiger partial charge in [-0.05, 0) is 24.1 Å². The highest BCUT2D eigenvalue weighted by atomic mass is 16.5. The van der Waals surface area contributed by atoms with Crippen LogP contribution in [0.15, 0.2) is 24.3 Å². The molecule has 2 rings (SSSR count). The number of hydrogen-bond donors (Lipinski definition) is 5. The number of urea groups is 1. The minimum absolute atomic E-state index is 0.107. The Bertz CT molecular complexity index is 697. The molecule has 11 nitrogen and oxygen atoms in total. The second-order valence-corrected chi connectivity index (χ2v) is 7.66. The number of benzene rings is 1. The van der Waals surface area contributed by atoms with Crippen LogP contribution < -0.4 is 15.4 Å². The third-order valence-corrected chi connectivity index (χ3v) is 4.89. The van der Waals surface area contributed by atoms with Crippen molar-refractivity contribution in [1.82, 2.24) is 15.5 Å². The van der Waals surface area contributed by atoms with Gasteiger partial charge in [-0.15, -0.1) is 0 Å². The largest absolute Gasteiger partial charge is 0.491 e. The number of aliphatic hydroxyl groups is 3. The summed E-state index contributed by atoms with van der Waals surface area (Å²) >= 11 is 0. The molecular formula is C22H35N3O8. The lowest BCUT2D eigenvalue weighted by molar-refractivity contribution is -0.147. The maximum absolute atomic E-state index is 11.9. The molecule has 2 amide bonds. The number of amides is 2. The van der Waals surface area contributed by atoms with Crippen LogP contribution in [0.3, 0.4) is 0 Å². The summed E-state index contributed by atoms with van der Waals surface area (Å²) in [6.07, 6.45) is -1.13. The zero-order valence-electron chi connectivity index (χ0n) is 18.8. The van der Waals surface area contributed by atoms with Crippen molar-refractivity contribution in [3.8, 4) is 5.75 Å². The number of esters is 1. The van der Waals surface area contributed by atoms with E-state index in [1.54, 1.807) is 17.0 Å². The third-order valence-electron chi connectivity index (χ3n) is 4.89. The number of carbonyl (C=O) groups is 2. The van der Waals surface area contributed by atoms with Crippen LogP contribution in [-0.4, -0.2) is 110 Å². The van der Waals surface area contributed by atoms with E-state index in [1.165, 1.54) is 0 Å². The Morgan fingerprint density at radius 2 is 1.79 bits per heavy atom. The van der Waals surface area contributed by atoms with Crippen molar-refractivity contribution in [2.75, 3.05) is 65.8 Å². The fourth-order valence-corrected chi connectivity index (χ4v) is 2.97. The SMILES string of the molecule is O=C(CCc1ccc(OCC(O)CNCCNC(=O)N2CCOCC2)cc1)OCC(O)CO. The van der Waals surface area contributed by atoms with Crippen molar-refractivity contribution in [1.29, 1.82) is 0 Å². The monoisotopic (exact) mass is 469 g/mol. The van der Waals surface area contributed by atoms with Gasteiger partial charge < -0.3 is 45.1 Å². The molecule has 1 aromatic carbocycles. The Hall–Kier alpha value is -2.44. The van der Waals surface area contributed by atoms with Gasteiger partial charge in [0.15, 0.2) is 0 Å². The van der Waals surface area contributed by atoms with Gasteiger partial charge in [0.2, 0.25) is 0 Å². The van der Waals surface area contributed by atoms with E-state index in [0.717, 1.165) is 5.56 Å². The van der Waals surface area contributed by atoms with Gasteiger partial charge in [-0.3, -0.25) is 4.79 Å². The first-order valence-electron chi connectivity index (χ1n) is 11.1. The molecule has 2 atom stereocenters. The fraction of sp³-hybridized carbons (Fsp3) is 0.636. The topological polar surface area (TPSA) is 150 Å². The Morgan fingerprint density at radius 3 is 2.48 bits per heavy atom. The number of nitrogens with one attached hydrogen (secondary N) is 2. The summed E-state index contributed by atoms with van der Waals surface area (Å²) in [4.78, 5) is 25.3. The molecule has 1 aliphatic rings.